The molecule has 0 saturated carbocycles. The summed E-state index contributed by atoms with van der Waals surface area (Å²) in [5.74, 6) is 1.07. The first-order valence-electron chi connectivity index (χ1n) is 12.8. The molecule has 0 bridgehead atoms. The van der Waals surface area contributed by atoms with E-state index in [9.17, 15) is 24.6 Å². The van der Waals surface area contributed by atoms with Crippen LogP contribution in [-0.2, 0) is 0 Å². The van der Waals surface area contributed by atoms with Gasteiger partial charge in [0.2, 0.25) is 0 Å². The molecular formula is C33H29FN4O6. The van der Waals surface area contributed by atoms with Crippen LogP contribution >= 0.6 is 0 Å². The molecule has 0 radical (unpaired) electrons. The summed E-state index contributed by atoms with van der Waals surface area (Å²) in [6.45, 7) is 3.19. The maximum absolute atomic E-state index is 12.4. The van der Waals surface area contributed by atoms with Crippen LogP contribution in [0.5, 0.6) is 17.2 Å². The van der Waals surface area contributed by atoms with Crippen LogP contribution in [0.1, 0.15) is 18.6 Å². The quantitative estimate of drug-likeness (QED) is 0.157. The highest BCUT2D eigenvalue weighted by atomic mass is 19.1. The molecule has 2 aromatic heterocycles. The number of hydrogen-bond acceptors (Lipinski definition) is 8. The number of hydrogen-bond donors (Lipinski definition) is 1. The molecule has 2 heterocycles. The van der Waals surface area contributed by atoms with Gasteiger partial charge in [0.15, 0.2) is 0 Å². The van der Waals surface area contributed by atoms with Crippen LogP contribution in [0.2, 0.25) is 0 Å². The highest BCUT2D eigenvalue weighted by molar-refractivity contribution is 5.83. The Morgan fingerprint density at radius 2 is 1.16 bits per heavy atom. The lowest BCUT2D eigenvalue weighted by molar-refractivity contribution is -0.385. The summed E-state index contributed by atoms with van der Waals surface area (Å²) < 4.78 is 18.1. The first-order valence-corrected chi connectivity index (χ1v) is 12.8. The molecule has 0 atom stereocenters. The summed E-state index contributed by atoms with van der Waals surface area (Å²) in [5.41, 5.74) is 0.950. The number of fused-ring (bicyclic) bond motifs is 2. The fraction of sp³-hybridized carbons (Fsp3) is 0.0909. The molecule has 0 amide bonds. The van der Waals surface area contributed by atoms with Gasteiger partial charge in [-0.25, -0.2) is 4.39 Å². The summed E-state index contributed by atoms with van der Waals surface area (Å²) in [5, 5.41) is 34.2. The normalized spacial score (nSPS) is 9.98. The van der Waals surface area contributed by atoms with Gasteiger partial charge < -0.3 is 9.84 Å². The van der Waals surface area contributed by atoms with Crippen molar-refractivity contribution in [1.29, 1.82) is 0 Å². The molecular weight excluding hydrogens is 567 g/mol. The Labute approximate surface area is 252 Å². The lowest BCUT2D eigenvalue weighted by Gasteiger charge is -2.07. The van der Waals surface area contributed by atoms with Crippen molar-refractivity contribution in [3.05, 3.63) is 147 Å². The molecule has 0 aliphatic carbocycles. The minimum Gasteiger partial charge on any atom is -0.508 e. The SMILES string of the molecule is C.Cc1cc(F)ccc1[N+](=O)[O-].Cc1cc(Oc2ccc3ccncc3c2)ccc1[N+](=O)[O-].Oc1ccc2ccncc2c1. The molecule has 10 nitrogen and oxygen atoms in total. The second-order valence-corrected chi connectivity index (χ2v) is 9.29. The van der Waals surface area contributed by atoms with E-state index in [1.165, 1.54) is 13.0 Å². The van der Waals surface area contributed by atoms with E-state index in [2.05, 4.69) is 9.97 Å². The molecule has 0 saturated heterocycles. The number of rotatable bonds is 4. The number of phenolic OH excluding ortho intramolecular Hbond substituents is 1. The minimum atomic E-state index is -0.533. The van der Waals surface area contributed by atoms with Crippen molar-refractivity contribution >= 4 is 32.9 Å². The van der Waals surface area contributed by atoms with Gasteiger partial charge in [-0.15, -0.1) is 0 Å². The number of phenols is 1. The van der Waals surface area contributed by atoms with Gasteiger partial charge in [-0.2, -0.15) is 0 Å². The number of aryl methyl sites for hydroxylation is 2. The molecule has 4 aromatic carbocycles. The van der Waals surface area contributed by atoms with Crippen molar-refractivity contribution in [2.75, 3.05) is 0 Å². The average Bonchev–Trinajstić information content (AvgIpc) is 2.97. The first kappa shape index (κ1) is 32.5. The van der Waals surface area contributed by atoms with Gasteiger partial charge in [0.1, 0.15) is 23.1 Å². The van der Waals surface area contributed by atoms with Crippen molar-refractivity contribution in [2.45, 2.75) is 21.3 Å². The minimum absolute atomic E-state index is 0. The predicted molar refractivity (Wildman–Crippen MR) is 168 cm³/mol. The highest BCUT2D eigenvalue weighted by Gasteiger charge is 2.11. The highest BCUT2D eigenvalue weighted by Crippen LogP contribution is 2.29. The first-order chi connectivity index (χ1) is 20.6. The Bertz CT molecular complexity index is 1930. The molecule has 0 aliphatic heterocycles. The summed E-state index contributed by atoms with van der Waals surface area (Å²) in [6.07, 6.45) is 6.97. The summed E-state index contributed by atoms with van der Waals surface area (Å²) in [6, 6.07) is 22.8. The number of aromatic nitrogens is 2. The Hall–Kier alpha value is -5.97. The summed E-state index contributed by atoms with van der Waals surface area (Å²) in [4.78, 5) is 28.1. The van der Waals surface area contributed by atoms with Crippen LogP contribution in [0.3, 0.4) is 0 Å². The fourth-order valence-electron chi connectivity index (χ4n) is 4.06. The van der Waals surface area contributed by atoms with Crippen LogP contribution in [0.15, 0.2) is 110 Å². The zero-order valence-corrected chi connectivity index (χ0v) is 23.0. The maximum Gasteiger partial charge on any atom is 0.272 e. The van der Waals surface area contributed by atoms with Crippen LogP contribution < -0.4 is 4.74 Å². The zero-order chi connectivity index (χ0) is 30.9. The average molecular weight is 597 g/mol. The number of aromatic hydroxyl groups is 1. The number of nitrogens with zero attached hydrogens (tertiary/aromatic N) is 4. The molecule has 0 unspecified atom stereocenters. The van der Waals surface area contributed by atoms with Crippen molar-refractivity contribution in [3.8, 4) is 17.2 Å². The van der Waals surface area contributed by atoms with Crippen LogP contribution in [-0.4, -0.2) is 24.9 Å². The van der Waals surface area contributed by atoms with Crippen molar-refractivity contribution in [1.82, 2.24) is 9.97 Å². The molecule has 1 N–H and O–H groups in total. The fourth-order valence-corrected chi connectivity index (χ4v) is 4.06. The van der Waals surface area contributed by atoms with E-state index in [1.54, 1.807) is 56.0 Å². The second-order valence-electron chi connectivity index (χ2n) is 9.29. The van der Waals surface area contributed by atoms with E-state index in [-0.39, 0.29) is 24.6 Å². The Balaban J connectivity index is 0.000000195. The third-order valence-corrected chi connectivity index (χ3v) is 6.19. The summed E-state index contributed by atoms with van der Waals surface area (Å²) in [7, 11) is 0. The molecule has 6 aromatic rings. The largest absolute Gasteiger partial charge is 0.508 e. The number of ether oxygens (including phenoxy) is 1. The van der Waals surface area contributed by atoms with Crippen LogP contribution in [0, 0.1) is 39.9 Å². The number of benzene rings is 4. The van der Waals surface area contributed by atoms with Gasteiger partial charge >= 0.3 is 0 Å². The van der Waals surface area contributed by atoms with E-state index in [0.717, 1.165) is 39.7 Å². The van der Waals surface area contributed by atoms with Gasteiger partial charge in [0.25, 0.3) is 11.4 Å². The number of halogens is 1. The molecule has 224 valence electrons. The van der Waals surface area contributed by atoms with E-state index >= 15 is 0 Å². The van der Waals surface area contributed by atoms with Gasteiger partial charge in [-0.05, 0) is 85.3 Å². The lowest BCUT2D eigenvalue weighted by atomic mass is 10.1. The van der Waals surface area contributed by atoms with E-state index in [1.807, 2.05) is 36.4 Å². The number of nitro groups is 2. The Morgan fingerprint density at radius 1 is 0.659 bits per heavy atom. The molecule has 0 spiro atoms. The van der Waals surface area contributed by atoms with E-state index in [4.69, 9.17) is 9.84 Å². The van der Waals surface area contributed by atoms with Crippen LogP contribution in [0.25, 0.3) is 21.5 Å². The van der Waals surface area contributed by atoms with Crippen LogP contribution in [0.4, 0.5) is 15.8 Å². The van der Waals surface area contributed by atoms with Gasteiger partial charge in [0, 0.05) is 58.8 Å². The van der Waals surface area contributed by atoms with Crippen molar-refractivity contribution < 1.29 is 24.1 Å². The maximum atomic E-state index is 12.4. The lowest BCUT2D eigenvalue weighted by Crippen LogP contribution is -1.92. The predicted octanol–water partition coefficient (Wildman–Crippen LogP) is 8.86. The monoisotopic (exact) mass is 596 g/mol. The van der Waals surface area contributed by atoms with Crippen molar-refractivity contribution in [2.24, 2.45) is 0 Å². The molecule has 44 heavy (non-hydrogen) atoms. The smallest absolute Gasteiger partial charge is 0.272 e. The third kappa shape index (κ3) is 8.52. The second kappa shape index (κ2) is 14.8. The van der Waals surface area contributed by atoms with Gasteiger partial charge in [-0.3, -0.25) is 30.2 Å². The molecule has 0 aliphatic rings. The topological polar surface area (TPSA) is 142 Å². The van der Waals surface area contributed by atoms with Gasteiger partial charge in [-0.1, -0.05) is 19.6 Å². The third-order valence-electron chi connectivity index (χ3n) is 6.19. The Kier molecular flexibility index (Phi) is 10.9. The zero-order valence-electron chi connectivity index (χ0n) is 23.0. The number of pyridine rings is 2. The molecule has 6 rings (SSSR count). The van der Waals surface area contributed by atoms with E-state index < -0.39 is 15.7 Å². The number of nitro benzene ring substituents is 2. The molecule has 0 fully saturated rings. The standard InChI is InChI=1S/C16H12N2O3.C9H7NO.C7H6FNO2.CH4/c1-11-8-14(4-5-16(11)18(19)20)21-15-3-2-12-6-7-17-10-13(12)9-15;11-9-2-1-7-3-4-10-6-8(7)5-9;1-5-4-6(8)2-3-7(5)9(10)11;/h2-10H,1H3;1-6,11H;2-4H,1H3;1H4. The molecule has 11 heteroatoms. The Morgan fingerprint density at radius 3 is 1.73 bits per heavy atom. The van der Waals surface area contributed by atoms with Gasteiger partial charge in [0.05, 0.1) is 9.85 Å². The van der Waals surface area contributed by atoms with E-state index in [0.29, 0.717) is 22.6 Å². The van der Waals surface area contributed by atoms with Crippen molar-refractivity contribution in [3.63, 3.8) is 0 Å². The summed E-state index contributed by atoms with van der Waals surface area (Å²) >= 11 is 0.